The van der Waals surface area contributed by atoms with Crippen LogP contribution in [0.5, 0.6) is 0 Å². The van der Waals surface area contributed by atoms with Gasteiger partial charge in [-0.15, -0.1) is 0 Å². The van der Waals surface area contributed by atoms with Gasteiger partial charge in [0.15, 0.2) is 0 Å². The average molecular weight is 497 g/mol. The van der Waals surface area contributed by atoms with Crippen molar-refractivity contribution in [3.05, 3.63) is 82.7 Å². The molecule has 2 aromatic rings. The van der Waals surface area contributed by atoms with Gasteiger partial charge in [0.25, 0.3) is 0 Å². The highest BCUT2D eigenvalue weighted by Crippen LogP contribution is 2.42. The van der Waals surface area contributed by atoms with Crippen molar-refractivity contribution in [3.63, 3.8) is 0 Å². The molecule has 35 heavy (non-hydrogen) atoms. The van der Waals surface area contributed by atoms with Crippen molar-refractivity contribution in [3.8, 4) is 0 Å². The van der Waals surface area contributed by atoms with E-state index in [4.69, 9.17) is 26.1 Å². The van der Waals surface area contributed by atoms with E-state index in [1.165, 1.54) is 6.08 Å². The number of carbonyl (C=O) groups is 2. The van der Waals surface area contributed by atoms with Gasteiger partial charge in [0.05, 0.1) is 18.9 Å². The molecule has 1 aromatic heterocycles. The van der Waals surface area contributed by atoms with E-state index in [0.29, 0.717) is 36.9 Å². The minimum atomic E-state index is -0.416. The molecule has 1 atom stereocenters. The first-order valence-corrected chi connectivity index (χ1v) is 12.4. The molecule has 1 saturated heterocycles. The van der Waals surface area contributed by atoms with E-state index >= 15 is 0 Å². The van der Waals surface area contributed by atoms with Gasteiger partial charge < -0.3 is 14.4 Å². The quantitative estimate of drug-likeness (QED) is 0.248. The molecule has 1 unspecified atom stereocenters. The van der Waals surface area contributed by atoms with Crippen LogP contribution in [0.4, 0.5) is 4.79 Å². The van der Waals surface area contributed by atoms with Crippen LogP contribution in [0.1, 0.15) is 55.0 Å². The second-order valence-electron chi connectivity index (χ2n) is 8.55. The van der Waals surface area contributed by atoms with Gasteiger partial charge in [-0.3, -0.25) is 4.98 Å². The predicted molar refractivity (Wildman–Crippen MR) is 138 cm³/mol. The fraction of sp³-hybridized carbons (Fsp3) is 0.393. The minimum Gasteiger partial charge on any atom is -0.463 e. The van der Waals surface area contributed by atoms with Gasteiger partial charge in [0.1, 0.15) is 0 Å². The number of benzene rings is 1. The maximum Gasteiger partial charge on any atom is 0.409 e. The molecule has 7 heteroatoms. The summed E-state index contributed by atoms with van der Waals surface area (Å²) in [6.45, 7) is 11.8. The van der Waals surface area contributed by atoms with Gasteiger partial charge in [0, 0.05) is 36.3 Å². The highest BCUT2D eigenvalue weighted by molar-refractivity contribution is 6.30. The highest BCUT2D eigenvalue weighted by atomic mass is 35.5. The van der Waals surface area contributed by atoms with Crippen molar-refractivity contribution in [2.75, 3.05) is 26.3 Å². The third-order valence-electron chi connectivity index (χ3n) is 6.29. The summed E-state index contributed by atoms with van der Waals surface area (Å²) >= 11 is 6.39. The molecule has 6 nitrogen and oxygen atoms in total. The fourth-order valence-electron chi connectivity index (χ4n) is 4.60. The summed E-state index contributed by atoms with van der Waals surface area (Å²) in [4.78, 5) is 30.7. The molecule has 1 amide bonds. The number of esters is 1. The van der Waals surface area contributed by atoms with Crippen LogP contribution in [-0.2, 0) is 14.3 Å². The van der Waals surface area contributed by atoms with Gasteiger partial charge >= 0.3 is 12.1 Å². The summed E-state index contributed by atoms with van der Waals surface area (Å²) < 4.78 is 10.2. The van der Waals surface area contributed by atoms with Crippen LogP contribution in [-0.4, -0.2) is 48.2 Å². The number of hydrogen-bond donors (Lipinski definition) is 0. The zero-order valence-corrected chi connectivity index (χ0v) is 21.4. The maximum atomic E-state index is 12.2. The van der Waals surface area contributed by atoms with Crippen LogP contribution in [0, 0.1) is 12.8 Å². The molecule has 0 aliphatic carbocycles. The molecule has 0 N–H and O–H groups in total. The van der Waals surface area contributed by atoms with E-state index < -0.39 is 5.97 Å². The van der Waals surface area contributed by atoms with Crippen LogP contribution in [0.3, 0.4) is 0 Å². The van der Waals surface area contributed by atoms with Crippen molar-refractivity contribution in [2.24, 2.45) is 5.92 Å². The molecule has 186 valence electrons. The molecule has 2 heterocycles. The van der Waals surface area contributed by atoms with Gasteiger partial charge in [-0.05, 0) is 86.1 Å². The number of rotatable bonds is 8. The van der Waals surface area contributed by atoms with Crippen molar-refractivity contribution in [1.82, 2.24) is 9.88 Å². The smallest absolute Gasteiger partial charge is 0.409 e. The number of nitrogens with zero attached hydrogens (tertiary/aromatic N) is 2. The van der Waals surface area contributed by atoms with Crippen LogP contribution < -0.4 is 0 Å². The predicted octanol–water partition coefficient (Wildman–Crippen LogP) is 6.18. The fourth-order valence-corrected chi connectivity index (χ4v) is 4.78. The Bertz CT molecular complexity index is 1090. The lowest BCUT2D eigenvalue weighted by atomic mass is 9.75. The Morgan fingerprint density at radius 2 is 1.89 bits per heavy atom. The Kier molecular flexibility index (Phi) is 9.49. The number of halogens is 1. The number of amides is 1. The summed E-state index contributed by atoms with van der Waals surface area (Å²) in [5.74, 6) is -0.197. The molecule has 3 rings (SSSR count). The summed E-state index contributed by atoms with van der Waals surface area (Å²) in [5, 5.41) is 0.586. The third-order valence-corrected chi connectivity index (χ3v) is 6.52. The number of ether oxygens (including phenoxy) is 2. The Hall–Kier alpha value is -3.12. The lowest BCUT2D eigenvalue weighted by Crippen LogP contribution is -2.40. The SMILES string of the molecule is C=C(/C=C/C(=O)OCC)c1cc(Cl)ccc1C(c1ncccc1C)C1CCN(C(=O)OCC)CC1. The number of piperidine rings is 1. The maximum absolute atomic E-state index is 12.2. The number of hydrogen-bond acceptors (Lipinski definition) is 5. The van der Waals surface area contributed by atoms with Crippen molar-refractivity contribution in [2.45, 2.75) is 39.5 Å². The molecule has 0 saturated carbocycles. The summed E-state index contributed by atoms with van der Waals surface area (Å²) in [6, 6.07) is 9.78. The minimum absolute atomic E-state index is 0.0273. The normalized spacial score (nSPS) is 15.1. The third kappa shape index (κ3) is 6.73. The van der Waals surface area contributed by atoms with Crippen LogP contribution in [0.15, 0.2) is 55.3 Å². The number of aromatic nitrogens is 1. The topological polar surface area (TPSA) is 68.7 Å². The molecule has 1 fully saturated rings. The molecule has 0 spiro atoms. The second kappa shape index (κ2) is 12.5. The van der Waals surface area contributed by atoms with E-state index in [1.807, 2.05) is 37.4 Å². The van der Waals surface area contributed by atoms with Gasteiger partial charge in [-0.1, -0.05) is 30.3 Å². The molecule has 1 aromatic carbocycles. The number of pyridine rings is 1. The standard InChI is InChI=1S/C28H33ClN2O4/c1-5-34-25(32)12-9-19(3)24-18-22(29)10-11-23(24)26(27-20(4)8-7-15-30-27)21-13-16-31(17-14-21)28(33)35-6-2/h7-12,15,18,21,26H,3,5-6,13-14,16-17H2,1-2,4H3/b12-9+. The number of likely N-dealkylation sites (tertiary alicyclic amines) is 1. The molecular formula is C28H33ClN2O4. The Labute approximate surface area is 212 Å². The zero-order valence-electron chi connectivity index (χ0n) is 20.6. The number of allylic oxidation sites excluding steroid dienone is 2. The van der Waals surface area contributed by atoms with E-state index in [2.05, 4.69) is 19.6 Å². The van der Waals surface area contributed by atoms with Crippen LogP contribution >= 0.6 is 11.6 Å². The van der Waals surface area contributed by atoms with Gasteiger partial charge in [-0.25, -0.2) is 9.59 Å². The number of carbonyl (C=O) groups excluding carboxylic acids is 2. The lowest BCUT2D eigenvalue weighted by Gasteiger charge is -2.36. The van der Waals surface area contributed by atoms with Crippen molar-refractivity contribution < 1.29 is 19.1 Å². The summed E-state index contributed by atoms with van der Waals surface area (Å²) in [7, 11) is 0. The highest BCUT2D eigenvalue weighted by Gasteiger charge is 2.33. The summed E-state index contributed by atoms with van der Waals surface area (Å²) in [6.07, 6.45) is 6.23. The molecule has 0 bridgehead atoms. The number of aryl methyl sites for hydroxylation is 1. The Morgan fingerprint density at radius 1 is 1.17 bits per heavy atom. The van der Waals surface area contributed by atoms with E-state index in [1.54, 1.807) is 17.9 Å². The van der Waals surface area contributed by atoms with E-state index in [0.717, 1.165) is 35.2 Å². The van der Waals surface area contributed by atoms with Gasteiger partial charge in [-0.2, -0.15) is 0 Å². The zero-order chi connectivity index (χ0) is 25.4. The molecular weight excluding hydrogens is 464 g/mol. The first-order chi connectivity index (χ1) is 16.8. The first kappa shape index (κ1) is 26.5. The monoisotopic (exact) mass is 496 g/mol. The lowest BCUT2D eigenvalue weighted by molar-refractivity contribution is -0.137. The van der Waals surface area contributed by atoms with Crippen LogP contribution in [0.25, 0.3) is 5.57 Å². The Balaban J connectivity index is 1.99. The average Bonchev–Trinajstić information content (AvgIpc) is 2.85. The van der Waals surface area contributed by atoms with E-state index in [9.17, 15) is 9.59 Å². The van der Waals surface area contributed by atoms with E-state index in [-0.39, 0.29) is 17.9 Å². The largest absolute Gasteiger partial charge is 0.463 e. The molecule has 1 aliphatic heterocycles. The van der Waals surface area contributed by atoms with Gasteiger partial charge in [0.2, 0.25) is 0 Å². The molecule has 0 radical (unpaired) electrons. The second-order valence-corrected chi connectivity index (χ2v) is 8.99. The first-order valence-electron chi connectivity index (χ1n) is 12.0. The van der Waals surface area contributed by atoms with Crippen LogP contribution in [0.2, 0.25) is 5.02 Å². The van der Waals surface area contributed by atoms with Crippen molar-refractivity contribution >= 4 is 29.2 Å². The summed E-state index contributed by atoms with van der Waals surface area (Å²) in [5.41, 5.74) is 4.66. The Morgan fingerprint density at radius 3 is 2.54 bits per heavy atom. The molecule has 1 aliphatic rings. The van der Waals surface area contributed by atoms with Crippen molar-refractivity contribution in [1.29, 1.82) is 0 Å².